The van der Waals surface area contributed by atoms with E-state index < -0.39 is 5.97 Å². The monoisotopic (exact) mass is 398 g/mol. The second-order valence-corrected chi connectivity index (χ2v) is 7.54. The molecule has 0 heterocycles. The van der Waals surface area contributed by atoms with Crippen LogP contribution in [0.25, 0.3) is 0 Å². The molecule has 0 aromatic carbocycles. The number of carbonyl (C=O) groups excluding carboxylic acids is 2. The van der Waals surface area contributed by atoms with Crippen LogP contribution in [0.4, 0.5) is 0 Å². The molecule has 0 fully saturated rings. The molecule has 0 aromatic heterocycles. The molecule has 0 saturated carbocycles. The Morgan fingerprint density at radius 1 is 0.571 bits per heavy atom. The molecule has 6 nitrogen and oxygen atoms in total. The number of rotatable bonds is 20. The van der Waals surface area contributed by atoms with Gasteiger partial charge in [-0.2, -0.15) is 0 Å². The number of hydrogen-bond acceptors (Lipinski definition) is 3. The van der Waals surface area contributed by atoms with Gasteiger partial charge in [0.2, 0.25) is 11.8 Å². The number of aliphatic carboxylic acids is 1. The molecule has 2 amide bonds. The average Bonchev–Trinajstić information content (AvgIpc) is 2.64. The first kappa shape index (κ1) is 26.4. The van der Waals surface area contributed by atoms with Crippen molar-refractivity contribution in [2.45, 2.75) is 110 Å². The summed E-state index contributed by atoms with van der Waals surface area (Å²) < 4.78 is 0. The summed E-state index contributed by atoms with van der Waals surface area (Å²) in [6.45, 7) is 2.91. The van der Waals surface area contributed by atoms with Crippen LogP contribution < -0.4 is 10.6 Å². The molecule has 0 radical (unpaired) electrons. The van der Waals surface area contributed by atoms with Gasteiger partial charge in [0.15, 0.2) is 0 Å². The van der Waals surface area contributed by atoms with Crippen LogP contribution >= 0.6 is 0 Å². The van der Waals surface area contributed by atoms with Crippen molar-refractivity contribution in [3.05, 3.63) is 0 Å². The van der Waals surface area contributed by atoms with Gasteiger partial charge < -0.3 is 15.7 Å². The summed E-state index contributed by atoms with van der Waals surface area (Å²) >= 11 is 0. The van der Waals surface area contributed by atoms with Crippen LogP contribution in [0.15, 0.2) is 0 Å². The van der Waals surface area contributed by atoms with Crippen molar-refractivity contribution in [3.8, 4) is 0 Å². The SMILES string of the molecule is CCNC(=O)CCCCCCCCCCCCCCCC(=O)NCCC(=O)O. The molecule has 28 heavy (non-hydrogen) atoms. The first-order valence-electron chi connectivity index (χ1n) is 11.3. The van der Waals surface area contributed by atoms with E-state index in [9.17, 15) is 14.4 Å². The first-order valence-corrected chi connectivity index (χ1v) is 11.3. The predicted molar refractivity (Wildman–Crippen MR) is 113 cm³/mol. The van der Waals surface area contributed by atoms with Crippen LogP contribution in [0, 0.1) is 0 Å². The average molecular weight is 399 g/mol. The zero-order valence-electron chi connectivity index (χ0n) is 17.9. The third-order valence-corrected chi connectivity index (χ3v) is 4.84. The lowest BCUT2D eigenvalue weighted by molar-refractivity contribution is -0.137. The van der Waals surface area contributed by atoms with Gasteiger partial charge in [0, 0.05) is 25.9 Å². The standard InChI is InChI=1S/C22H42N2O4/c1-2-23-20(25)16-14-12-10-8-6-4-3-5-7-9-11-13-15-17-21(26)24-19-18-22(27)28/h2-19H2,1H3,(H,23,25)(H,24,26)(H,27,28). The van der Waals surface area contributed by atoms with E-state index in [1.165, 1.54) is 57.8 Å². The third kappa shape index (κ3) is 20.7. The normalized spacial score (nSPS) is 10.6. The van der Waals surface area contributed by atoms with Crippen molar-refractivity contribution in [1.29, 1.82) is 0 Å². The Balaban J connectivity index is 3.16. The van der Waals surface area contributed by atoms with Gasteiger partial charge in [-0.15, -0.1) is 0 Å². The van der Waals surface area contributed by atoms with Crippen LogP contribution in [0.1, 0.15) is 110 Å². The van der Waals surface area contributed by atoms with E-state index in [2.05, 4.69) is 10.6 Å². The number of nitrogens with one attached hydrogen (secondary N) is 2. The quantitative estimate of drug-likeness (QED) is 0.262. The Bertz CT molecular complexity index is 413. The molecule has 0 aliphatic rings. The molecule has 0 aliphatic carbocycles. The van der Waals surface area contributed by atoms with E-state index >= 15 is 0 Å². The second kappa shape index (κ2) is 20.2. The number of unbranched alkanes of at least 4 members (excludes halogenated alkanes) is 12. The topological polar surface area (TPSA) is 95.5 Å². The maximum atomic E-state index is 11.5. The van der Waals surface area contributed by atoms with Crippen molar-refractivity contribution >= 4 is 17.8 Å². The van der Waals surface area contributed by atoms with Crippen molar-refractivity contribution < 1.29 is 19.5 Å². The van der Waals surface area contributed by atoms with Gasteiger partial charge in [-0.1, -0.05) is 70.6 Å². The molecular formula is C22H42N2O4. The molecule has 3 N–H and O–H groups in total. The smallest absolute Gasteiger partial charge is 0.305 e. The Morgan fingerprint density at radius 3 is 1.29 bits per heavy atom. The highest BCUT2D eigenvalue weighted by Gasteiger charge is 2.02. The van der Waals surface area contributed by atoms with Crippen molar-refractivity contribution in [2.24, 2.45) is 0 Å². The second-order valence-electron chi connectivity index (χ2n) is 7.54. The fourth-order valence-corrected chi connectivity index (χ4v) is 3.20. The van der Waals surface area contributed by atoms with Crippen molar-refractivity contribution in [2.75, 3.05) is 13.1 Å². The predicted octanol–water partition coefficient (Wildman–Crippen LogP) is 4.56. The summed E-state index contributed by atoms with van der Waals surface area (Å²) in [6.07, 6.45) is 16.7. The summed E-state index contributed by atoms with van der Waals surface area (Å²) in [7, 11) is 0. The molecule has 0 bridgehead atoms. The van der Waals surface area contributed by atoms with Gasteiger partial charge >= 0.3 is 5.97 Å². The molecule has 6 heteroatoms. The number of carboxylic acid groups (broad SMARTS) is 1. The van der Waals surface area contributed by atoms with Crippen LogP contribution in [-0.4, -0.2) is 36.0 Å². The Kier molecular flexibility index (Phi) is 19.0. The lowest BCUT2D eigenvalue weighted by Gasteiger charge is -2.05. The Labute approximate surface area is 171 Å². The van der Waals surface area contributed by atoms with Crippen molar-refractivity contribution in [1.82, 2.24) is 10.6 Å². The fraction of sp³-hybridized carbons (Fsp3) is 0.864. The lowest BCUT2D eigenvalue weighted by Crippen LogP contribution is -2.25. The number of hydrogen-bond donors (Lipinski definition) is 3. The van der Waals surface area contributed by atoms with Crippen LogP contribution in [-0.2, 0) is 14.4 Å². The minimum absolute atomic E-state index is 0.0104. The first-order chi connectivity index (χ1) is 13.6. The Morgan fingerprint density at radius 2 is 0.929 bits per heavy atom. The number of carbonyl (C=O) groups is 3. The summed E-state index contributed by atoms with van der Waals surface area (Å²) in [5.74, 6) is -0.736. The van der Waals surface area contributed by atoms with Gasteiger partial charge in [0.25, 0.3) is 0 Å². The molecule has 0 saturated heterocycles. The van der Waals surface area contributed by atoms with Gasteiger partial charge in [0.05, 0.1) is 6.42 Å². The van der Waals surface area contributed by atoms with Crippen LogP contribution in [0.2, 0.25) is 0 Å². The summed E-state index contributed by atoms with van der Waals surface area (Å²) in [4.78, 5) is 33.1. The van der Waals surface area contributed by atoms with E-state index in [1.54, 1.807) is 0 Å². The number of carboxylic acids is 1. The summed E-state index contributed by atoms with van der Waals surface area (Å²) in [6, 6.07) is 0. The summed E-state index contributed by atoms with van der Waals surface area (Å²) in [5.41, 5.74) is 0. The van der Waals surface area contributed by atoms with E-state index in [0.29, 0.717) is 12.8 Å². The maximum Gasteiger partial charge on any atom is 0.305 e. The fourth-order valence-electron chi connectivity index (χ4n) is 3.20. The van der Waals surface area contributed by atoms with Gasteiger partial charge in [-0.05, 0) is 19.8 Å². The zero-order chi connectivity index (χ0) is 20.9. The van der Waals surface area contributed by atoms with E-state index in [1.807, 2.05) is 6.92 Å². The summed E-state index contributed by atoms with van der Waals surface area (Å²) in [5, 5.41) is 14.0. The molecule has 0 spiro atoms. The maximum absolute atomic E-state index is 11.5. The molecule has 0 aromatic rings. The minimum Gasteiger partial charge on any atom is -0.481 e. The van der Waals surface area contributed by atoms with Crippen LogP contribution in [0.5, 0.6) is 0 Å². The highest BCUT2D eigenvalue weighted by molar-refractivity contribution is 5.76. The molecular weight excluding hydrogens is 356 g/mol. The van der Waals surface area contributed by atoms with Gasteiger partial charge in [0.1, 0.15) is 0 Å². The Hall–Kier alpha value is -1.59. The minimum atomic E-state index is -0.881. The highest BCUT2D eigenvalue weighted by atomic mass is 16.4. The van der Waals surface area contributed by atoms with E-state index in [0.717, 1.165) is 32.2 Å². The van der Waals surface area contributed by atoms with Gasteiger partial charge in [-0.3, -0.25) is 14.4 Å². The highest BCUT2D eigenvalue weighted by Crippen LogP contribution is 2.13. The lowest BCUT2D eigenvalue weighted by atomic mass is 10.0. The molecule has 0 unspecified atom stereocenters. The molecule has 0 rings (SSSR count). The van der Waals surface area contributed by atoms with E-state index in [4.69, 9.17) is 5.11 Å². The van der Waals surface area contributed by atoms with Crippen molar-refractivity contribution in [3.63, 3.8) is 0 Å². The third-order valence-electron chi connectivity index (χ3n) is 4.84. The number of amides is 2. The zero-order valence-corrected chi connectivity index (χ0v) is 17.9. The van der Waals surface area contributed by atoms with Crippen LogP contribution in [0.3, 0.4) is 0 Å². The molecule has 0 aliphatic heterocycles. The molecule has 164 valence electrons. The molecule has 0 atom stereocenters. The van der Waals surface area contributed by atoms with Gasteiger partial charge in [-0.25, -0.2) is 0 Å². The van der Waals surface area contributed by atoms with E-state index in [-0.39, 0.29) is 24.8 Å². The largest absolute Gasteiger partial charge is 0.481 e.